The molecular weight excluding hydrogens is 372 g/mol. The number of nitrogens with two attached hydrogens (primary N) is 1. The molecule has 1 saturated carbocycles. The van der Waals surface area contributed by atoms with Crippen molar-refractivity contribution in [3.05, 3.63) is 24.2 Å². The Labute approximate surface area is 158 Å². The Bertz CT molecular complexity index is 829. The maximum absolute atomic E-state index is 11.2. The van der Waals surface area contributed by atoms with Gasteiger partial charge in [-0.2, -0.15) is 0 Å². The highest BCUT2D eigenvalue weighted by molar-refractivity contribution is 7.98. The highest BCUT2D eigenvalue weighted by Crippen LogP contribution is 2.33. The van der Waals surface area contributed by atoms with E-state index in [9.17, 15) is 8.42 Å². The second kappa shape index (κ2) is 8.36. The topological polar surface area (TPSA) is 116 Å². The van der Waals surface area contributed by atoms with Gasteiger partial charge in [-0.25, -0.2) is 18.5 Å². The quantitative estimate of drug-likeness (QED) is 0.519. The fourth-order valence-corrected chi connectivity index (χ4v) is 4.29. The highest BCUT2D eigenvalue weighted by Gasteiger charge is 2.23. The predicted octanol–water partition coefficient (Wildman–Crippen LogP) is 2.20. The van der Waals surface area contributed by atoms with Gasteiger partial charge >= 0.3 is 0 Å². The molecule has 10 heteroatoms. The Kier molecular flexibility index (Phi) is 6.15. The van der Waals surface area contributed by atoms with E-state index in [1.807, 2.05) is 6.26 Å². The van der Waals surface area contributed by atoms with Crippen LogP contribution in [0.1, 0.15) is 44.0 Å². The van der Waals surface area contributed by atoms with Crippen molar-refractivity contribution in [3.63, 3.8) is 0 Å². The molecule has 26 heavy (non-hydrogen) atoms. The van der Waals surface area contributed by atoms with Crippen LogP contribution >= 0.6 is 11.8 Å². The molecule has 2 aromatic rings. The first-order valence-electron chi connectivity index (χ1n) is 8.69. The molecule has 0 amide bonds. The van der Waals surface area contributed by atoms with E-state index in [1.165, 1.54) is 37.9 Å². The largest absolute Gasteiger partial charge is 0.370 e. The van der Waals surface area contributed by atoms with Crippen LogP contribution < -0.4 is 10.5 Å². The summed E-state index contributed by atoms with van der Waals surface area (Å²) in [6, 6.07) is 3.60. The fraction of sp³-hybridized carbons (Fsp3) is 0.562. The number of aromatic nitrogens is 4. The number of nitrogens with one attached hydrogen (secondary N) is 1. The third-order valence-corrected chi connectivity index (χ3v) is 6.10. The predicted molar refractivity (Wildman–Crippen MR) is 102 cm³/mol. The molecule has 0 radical (unpaired) electrons. The fourth-order valence-electron chi connectivity index (χ4n) is 3.26. The number of sulfonamides is 1. The van der Waals surface area contributed by atoms with Crippen molar-refractivity contribution in [3.8, 4) is 0 Å². The molecule has 2 aromatic heterocycles. The summed E-state index contributed by atoms with van der Waals surface area (Å²) in [4.78, 5) is 4.09. The average molecular weight is 397 g/mol. The van der Waals surface area contributed by atoms with Crippen molar-refractivity contribution in [1.82, 2.24) is 19.7 Å². The van der Waals surface area contributed by atoms with Gasteiger partial charge in [0, 0.05) is 25.2 Å². The minimum absolute atomic E-state index is 0.0114. The van der Waals surface area contributed by atoms with Gasteiger partial charge in [-0.05, 0) is 37.7 Å². The lowest BCUT2D eigenvalue weighted by atomic mass is 10.2. The molecule has 8 nitrogen and oxygen atoms in total. The molecule has 0 saturated heterocycles. The molecule has 1 aliphatic rings. The minimum atomic E-state index is -3.70. The summed E-state index contributed by atoms with van der Waals surface area (Å²) in [5.41, 5.74) is 0. The van der Waals surface area contributed by atoms with Gasteiger partial charge < -0.3 is 9.88 Å². The molecule has 0 spiro atoms. The number of nitrogens with zero attached hydrogens (tertiary/aromatic N) is 4. The second-order valence-electron chi connectivity index (χ2n) is 6.37. The van der Waals surface area contributed by atoms with Gasteiger partial charge in [-0.15, -0.1) is 10.2 Å². The maximum atomic E-state index is 11.2. The number of aryl methyl sites for hydroxylation is 1. The number of thioether (sulfide) groups is 1. The molecule has 3 rings (SSSR count). The summed E-state index contributed by atoms with van der Waals surface area (Å²) >= 11 is 1.65. The van der Waals surface area contributed by atoms with Crippen molar-refractivity contribution < 1.29 is 8.42 Å². The van der Waals surface area contributed by atoms with E-state index in [4.69, 9.17) is 5.14 Å². The van der Waals surface area contributed by atoms with E-state index in [1.54, 1.807) is 17.8 Å². The third kappa shape index (κ3) is 4.54. The molecule has 1 fully saturated rings. The average Bonchev–Trinajstić information content (AvgIpc) is 3.27. The van der Waals surface area contributed by atoms with E-state index in [0.717, 1.165) is 23.8 Å². The number of anilines is 1. The van der Waals surface area contributed by atoms with Crippen molar-refractivity contribution >= 4 is 27.6 Å². The zero-order valence-electron chi connectivity index (χ0n) is 14.8. The zero-order chi connectivity index (χ0) is 18.6. The van der Waals surface area contributed by atoms with Crippen LogP contribution in [0.5, 0.6) is 0 Å². The number of pyridine rings is 1. The lowest BCUT2D eigenvalue weighted by Crippen LogP contribution is -2.13. The van der Waals surface area contributed by atoms with E-state index >= 15 is 0 Å². The first-order valence-corrected chi connectivity index (χ1v) is 11.5. The summed E-state index contributed by atoms with van der Waals surface area (Å²) in [6.45, 7) is 0.716. The molecule has 2 heterocycles. The molecule has 0 aromatic carbocycles. The van der Waals surface area contributed by atoms with Gasteiger partial charge in [0.05, 0.1) is 0 Å². The molecule has 0 unspecified atom stereocenters. The lowest BCUT2D eigenvalue weighted by molar-refractivity contribution is 0.461. The Morgan fingerprint density at radius 3 is 2.69 bits per heavy atom. The van der Waals surface area contributed by atoms with E-state index in [2.05, 4.69) is 25.1 Å². The van der Waals surface area contributed by atoms with Crippen molar-refractivity contribution in [2.75, 3.05) is 18.1 Å². The van der Waals surface area contributed by atoms with Gasteiger partial charge in [0.1, 0.15) is 16.5 Å². The lowest BCUT2D eigenvalue weighted by Gasteiger charge is -2.16. The molecule has 1 aliphatic carbocycles. The van der Waals surface area contributed by atoms with Crippen LogP contribution in [0.15, 0.2) is 28.4 Å². The van der Waals surface area contributed by atoms with E-state index in [0.29, 0.717) is 18.4 Å². The van der Waals surface area contributed by atoms with Crippen LogP contribution in [0.4, 0.5) is 5.82 Å². The Balaban J connectivity index is 1.55. The van der Waals surface area contributed by atoms with E-state index < -0.39 is 10.0 Å². The number of primary sulfonamides is 1. The number of hydrogen-bond donors (Lipinski definition) is 2. The van der Waals surface area contributed by atoms with Crippen LogP contribution in [-0.2, 0) is 16.4 Å². The number of rotatable bonds is 8. The SMILES string of the molecule is CSc1nnc(CCCNc2ccc(S(N)(=O)=O)cn2)n1C1CCCC1. The maximum Gasteiger partial charge on any atom is 0.239 e. The van der Waals surface area contributed by atoms with Gasteiger partial charge in [0.2, 0.25) is 10.0 Å². The summed E-state index contributed by atoms with van der Waals surface area (Å²) in [6.07, 6.45) is 9.99. The summed E-state index contributed by atoms with van der Waals surface area (Å²) in [7, 11) is -3.70. The van der Waals surface area contributed by atoms with Crippen LogP contribution in [0.3, 0.4) is 0 Å². The third-order valence-electron chi connectivity index (χ3n) is 4.56. The molecular formula is C16H24N6O2S2. The van der Waals surface area contributed by atoms with Crippen LogP contribution in [0.2, 0.25) is 0 Å². The van der Waals surface area contributed by atoms with Crippen molar-refractivity contribution in [2.45, 2.75) is 54.6 Å². The van der Waals surface area contributed by atoms with Crippen molar-refractivity contribution in [1.29, 1.82) is 0 Å². The molecule has 3 N–H and O–H groups in total. The zero-order valence-corrected chi connectivity index (χ0v) is 16.4. The Morgan fingerprint density at radius 1 is 1.31 bits per heavy atom. The normalized spacial score (nSPS) is 15.5. The van der Waals surface area contributed by atoms with E-state index in [-0.39, 0.29) is 4.90 Å². The Hall–Kier alpha value is -1.65. The van der Waals surface area contributed by atoms with Gasteiger partial charge in [0.15, 0.2) is 5.16 Å². The van der Waals surface area contributed by atoms with Gasteiger partial charge in [-0.1, -0.05) is 24.6 Å². The monoisotopic (exact) mass is 396 g/mol. The summed E-state index contributed by atoms with van der Waals surface area (Å²) in [5.74, 6) is 1.67. The van der Waals surface area contributed by atoms with Crippen LogP contribution in [0.25, 0.3) is 0 Å². The smallest absolute Gasteiger partial charge is 0.239 e. The molecule has 0 aliphatic heterocycles. The summed E-state index contributed by atoms with van der Waals surface area (Å²) in [5, 5.41) is 18.0. The summed E-state index contributed by atoms with van der Waals surface area (Å²) < 4.78 is 24.8. The second-order valence-corrected chi connectivity index (χ2v) is 8.70. The Morgan fingerprint density at radius 2 is 2.08 bits per heavy atom. The standard InChI is InChI=1S/C16H24N6O2S2/c1-25-16-21-20-15(22(16)12-5-2-3-6-12)7-4-10-18-14-9-8-13(11-19-14)26(17,23)24/h8-9,11-12H,2-7,10H2,1H3,(H,18,19)(H2,17,23,24). The van der Waals surface area contributed by atoms with Crippen molar-refractivity contribution in [2.24, 2.45) is 5.14 Å². The molecule has 142 valence electrons. The first-order chi connectivity index (χ1) is 12.5. The van der Waals surface area contributed by atoms with Crippen LogP contribution in [-0.4, -0.2) is 41.0 Å². The molecule has 0 atom stereocenters. The van der Waals surface area contributed by atoms with Gasteiger partial charge in [0.25, 0.3) is 0 Å². The molecule has 0 bridgehead atoms. The highest BCUT2D eigenvalue weighted by atomic mass is 32.2. The number of hydrogen-bond acceptors (Lipinski definition) is 7. The first kappa shape index (κ1) is 19.1. The minimum Gasteiger partial charge on any atom is -0.370 e. The van der Waals surface area contributed by atoms with Crippen LogP contribution in [0, 0.1) is 0 Å². The van der Waals surface area contributed by atoms with Gasteiger partial charge in [-0.3, -0.25) is 0 Å².